The van der Waals surface area contributed by atoms with E-state index in [1.807, 2.05) is 44.2 Å². The third-order valence-electron chi connectivity index (χ3n) is 4.73. The molecule has 0 aliphatic carbocycles. The molecule has 142 valence electrons. The van der Waals surface area contributed by atoms with Crippen molar-refractivity contribution in [2.45, 2.75) is 33.9 Å². The predicted octanol–water partition coefficient (Wildman–Crippen LogP) is 4.08. The van der Waals surface area contributed by atoms with Crippen molar-refractivity contribution >= 4 is 17.0 Å². The Morgan fingerprint density at radius 2 is 2.00 bits per heavy atom. The first-order valence-corrected chi connectivity index (χ1v) is 9.09. The molecule has 0 aliphatic rings. The summed E-state index contributed by atoms with van der Waals surface area (Å²) in [6.07, 6.45) is 1.66. The van der Waals surface area contributed by atoms with Crippen molar-refractivity contribution in [3.05, 3.63) is 65.2 Å². The first-order valence-electron chi connectivity index (χ1n) is 9.09. The Morgan fingerprint density at radius 3 is 2.68 bits per heavy atom. The van der Waals surface area contributed by atoms with Crippen LogP contribution in [0.25, 0.3) is 22.3 Å². The molecule has 0 spiro atoms. The van der Waals surface area contributed by atoms with Crippen molar-refractivity contribution in [3.8, 4) is 11.3 Å². The molecule has 0 N–H and O–H groups in total. The van der Waals surface area contributed by atoms with Crippen molar-refractivity contribution in [2.24, 2.45) is 0 Å². The van der Waals surface area contributed by atoms with Gasteiger partial charge >= 0.3 is 5.97 Å². The summed E-state index contributed by atoms with van der Waals surface area (Å²) in [5, 5.41) is 8.92. The Labute approximate surface area is 161 Å². The summed E-state index contributed by atoms with van der Waals surface area (Å²) in [7, 11) is 0. The van der Waals surface area contributed by atoms with E-state index in [2.05, 4.69) is 10.3 Å². The molecule has 7 nitrogen and oxygen atoms in total. The van der Waals surface area contributed by atoms with E-state index in [4.69, 9.17) is 14.2 Å². The average molecular weight is 376 g/mol. The van der Waals surface area contributed by atoms with Crippen LogP contribution >= 0.6 is 0 Å². The molecule has 28 heavy (non-hydrogen) atoms. The van der Waals surface area contributed by atoms with Crippen LogP contribution in [0.15, 0.2) is 47.1 Å². The molecule has 0 atom stereocenters. The maximum absolute atomic E-state index is 12.9. The fraction of sp³-hybridized carbons (Fsp3) is 0.238. The minimum absolute atomic E-state index is 0.104. The normalized spacial score (nSPS) is 11.1. The largest absolute Gasteiger partial charge is 0.457 e. The molecule has 7 heteroatoms. The van der Waals surface area contributed by atoms with Crippen LogP contribution in [0.2, 0.25) is 0 Å². The number of esters is 1. The van der Waals surface area contributed by atoms with Gasteiger partial charge in [-0.25, -0.2) is 14.5 Å². The topological polar surface area (TPSA) is 83.0 Å². The van der Waals surface area contributed by atoms with Gasteiger partial charge in [0.05, 0.1) is 34.1 Å². The fourth-order valence-corrected chi connectivity index (χ4v) is 3.13. The predicted molar refractivity (Wildman–Crippen MR) is 104 cm³/mol. The Hall–Kier alpha value is -3.48. The minimum Gasteiger partial charge on any atom is -0.457 e. The first kappa shape index (κ1) is 17.9. The van der Waals surface area contributed by atoms with Gasteiger partial charge in [-0.15, -0.1) is 0 Å². The number of nitrogens with zero attached hydrogens (tertiary/aromatic N) is 4. The van der Waals surface area contributed by atoms with Gasteiger partial charge in [0, 0.05) is 12.1 Å². The second-order valence-corrected chi connectivity index (χ2v) is 6.50. The van der Waals surface area contributed by atoms with E-state index in [0.717, 1.165) is 11.1 Å². The van der Waals surface area contributed by atoms with E-state index in [1.54, 1.807) is 23.9 Å². The van der Waals surface area contributed by atoms with Crippen LogP contribution in [0.5, 0.6) is 0 Å². The van der Waals surface area contributed by atoms with E-state index < -0.39 is 5.97 Å². The molecule has 0 amide bonds. The molecular formula is C21H20N4O3. The van der Waals surface area contributed by atoms with E-state index in [9.17, 15) is 4.79 Å². The number of pyridine rings is 1. The molecule has 0 saturated carbocycles. The van der Waals surface area contributed by atoms with Crippen molar-refractivity contribution in [1.82, 2.24) is 19.9 Å². The summed E-state index contributed by atoms with van der Waals surface area (Å²) in [6, 6.07) is 11.5. The first-order chi connectivity index (χ1) is 13.6. The highest BCUT2D eigenvalue weighted by atomic mass is 16.5. The molecule has 1 aromatic carbocycles. The molecule has 4 aromatic rings. The number of aromatic nitrogens is 4. The Bertz CT molecular complexity index is 1130. The molecular weight excluding hydrogens is 356 g/mol. The van der Waals surface area contributed by atoms with Gasteiger partial charge in [-0.1, -0.05) is 35.5 Å². The molecule has 0 radical (unpaired) electrons. The lowest BCUT2D eigenvalue weighted by Crippen LogP contribution is -2.08. The summed E-state index contributed by atoms with van der Waals surface area (Å²) in [5.74, 6) is 0.217. The second kappa shape index (κ2) is 7.26. The van der Waals surface area contributed by atoms with Crippen LogP contribution in [0, 0.1) is 13.8 Å². The maximum Gasteiger partial charge on any atom is 0.339 e. The lowest BCUT2D eigenvalue weighted by molar-refractivity contribution is 0.0473. The number of benzene rings is 1. The highest BCUT2D eigenvalue weighted by molar-refractivity contribution is 6.03. The number of ether oxygens (including phenoxy) is 1. The molecule has 3 heterocycles. The molecule has 3 aromatic heterocycles. The standard InChI is InChI=1S/C21H20N4O3/c1-4-25-20-17(11-22-25)16(10-19(23-20)15-8-6-5-7-9-15)21(26)27-12-18-13(2)24-28-14(18)3/h5-11H,4,12H2,1-3H3. The molecule has 0 saturated heterocycles. The van der Waals surface area contributed by atoms with Gasteiger partial charge in [-0.05, 0) is 26.8 Å². The SMILES string of the molecule is CCn1ncc2c(C(=O)OCc3c(C)noc3C)cc(-c3ccccc3)nc21. The van der Waals surface area contributed by atoms with Gasteiger partial charge in [0.25, 0.3) is 0 Å². The van der Waals surface area contributed by atoms with Gasteiger partial charge in [0.1, 0.15) is 12.4 Å². The highest BCUT2D eigenvalue weighted by Crippen LogP contribution is 2.26. The van der Waals surface area contributed by atoms with Crippen molar-refractivity contribution in [1.29, 1.82) is 0 Å². The van der Waals surface area contributed by atoms with Gasteiger partial charge < -0.3 is 9.26 Å². The number of carbonyl (C=O) groups is 1. The Morgan fingerprint density at radius 1 is 1.21 bits per heavy atom. The van der Waals surface area contributed by atoms with E-state index in [-0.39, 0.29) is 6.61 Å². The number of hydrogen-bond donors (Lipinski definition) is 0. The summed E-state index contributed by atoms with van der Waals surface area (Å²) in [5.41, 5.74) is 4.23. The Balaban J connectivity index is 1.74. The number of aryl methyl sites for hydroxylation is 3. The monoisotopic (exact) mass is 376 g/mol. The lowest BCUT2D eigenvalue weighted by Gasteiger charge is -2.09. The van der Waals surface area contributed by atoms with Crippen molar-refractivity contribution < 1.29 is 14.1 Å². The van der Waals surface area contributed by atoms with Crippen molar-refractivity contribution in [3.63, 3.8) is 0 Å². The fourth-order valence-electron chi connectivity index (χ4n) is 3.13. The van der Waals surface area contributed by atoms with Gasteiger partial charge in [0.15, 0.2) is 5.65 Å². The number of fused-ring (bicyclic) bond motifs is 1. The Kier molecular flexibility index (Phi) is 4.65. The summed E-state index contributed by atoms with van der Waals surface area (Å²) >= 11 is 0. The highest BCUT2D eigenvalue weighted by Gasteiger charge is 2.19. The van der Waals surface area contributed by atoms with Crippen LogP contribution in [0.1, 0.15) is 34.3 Å². The van der Waals surface area contributed by atoms with Gasteiger partial charge in [-0.2, -0.15) is 5.10 Å². The second-order valence-electron chi connectivity index (χ2n) is 6.50. The van der Waals surface area contributed by atoms with E-state index in [1.165, 1.54) is 0 Å². The maximum atomic E-state index is 12.9. The average Bonchev–Trinajstić information content (AvgIpc) is 3.28. The zero-order valence-electron chi connectivity index (χ0n) is 16.0. The van der Waals surface area contributed by atoms with Crippen LogP contribution in [0.4, 0.5) is 0 Å². The van der Waals surface area contributed by atoms with Crippen LogP contribution in [-0.4, -0.2) is 25.9 Å². The summed E-state index contributed by atoms with van der Waals surface area (Å²) in [6.45, 7) is 6.36. The third kappa shape index (κ3) is 3.15. The molecule has 0 aliphatic heterocycles. The minimum atomic E-state index is -0.430. The summed E-state index contributed by atoms with van der Waals surface area (Å²) < 4.78 is 12.5. The van der Waals surface area contributed by atoms with Crippen LogP contribution < -0.4 is 0 Å². The zero-order chi connectivity index (χ0) is 19.7. The third-order valence-corrected chi connectivity index (χ3v) is 4.73. The van der Waals surface area contributed by atoms with Crippen LogP contribution in [0.3, 0.4) is 0 Å². The lowest BCUT2D eigenvalue weighted by atomic mass is 10.1. The number of hydrogen-bond acceptors (Lipinski definition) is 6. The van der Waals surface area contributed by atoms with Crippen molar-refractivity contribution in [2.75, 3.05) is 0 Å². The number of rotatable bonds is 5. The zero-order valence-corrected chi connectivity index (χ0v) is 16.0. The molecule has 0 fully saturated rings. The number of carbonyl (C=O) groups excluding carboxylic acids is 1. The molecule has 0 bridgehead atoms. The van der Waals surface area contributed by atoms with Crippen LogP contribution in [-0.2, 0) is 17.9 Å². The van der Waals surface area contributed by atoms with E-state index in [0.29, 0.717) is 40.3 Å². The molecule has 4 rings (SSSR count). The quantitative estimate of drug-likeness (QED) is 0.488. The summed E-state index contributed by atoms with van der Waals surface area (Å²) in [4.78, 5) is 17.6. The van der Waals surface area contributed by atoms with Gasteiger partial charge in [0.2, 0.25) is 0 Å². The smallest absolute Gasteiger partial charge is 0.339 e. The molecule has 0 unspecified atom stereocenters. The van der Waals surface area contributed by atoms with E-state index >= 15 is 0 Å². The van der Waals surface area contributed by atoms with Gasteiger partial charge in [-0.3, -0.25) is 0 Å².